The highest BCUT2D eigenvalue weighted by molar-refractivity contribution is 8.00. The van der Waals surface area contributed by atoms with Crippen LogP contribution >= 0.6 is 23.1 Å². The molecule has 0 aliphatic heterocycles. The minimum atomic E-state index is -1.16. The highest BCUT2D eigenvalue weighted by atomic mass is 32.2. The SMILES string of the molecule is C[C@@H](Sc1nc2sc3c(c2c(=O)[nH]1)CCCC3)C(=O)[O-]. The molecular formula is C13H13N2O3S2-. The van der Waals surface area contributed by atoms with Crippen LogP contribution in [0.5, 0.6) is 0 Å². The summed E-state index contributed by atoms with van der Waals surface area (Å²) in [4.78, 5) is 32.0. The average molecular weight is 309 g/mol. The lowest BCUT2D eigenvalue weighted by Crippen LogP contribution is -2.31. The summed E-state index contributed by atoms with van der Waals surface area (Å²) in [6.45, 7) is 1.52. The van der Waals surface area contributed by atoms with Gasteiger partial charge < -0.3 is 14.9 Å². The van der Waals surface area contributed by atoms with Crippen molar-refractivity contribution in [1.29, 1.82) is 0 Å². The number of nitrogens with zero attached hydrogens (tertiary/aromatic N) is 1. The van der Waals surface area contributed by atoms with Crippen LogP contribution in [0.1, 0.15) is 30.2 Å². The monoisotopic (exact) mass is 309 g/mol. The Balaban J connectivity index is 2.06. The Bertz CT molecular complexity index is 735. The van der Waals surface area contributed by atoms with E-state index in [0.29, 0.717) is 15.4 Å². The van der Waals surface area contributed by atoms with Gasteiger partial charge in [0.2, 0.25) is 0 Å². The third-order valence-electron chi connectivity index (χ3n) is 3.42. The van der Waals surface area contributed by atoms with Gasteiger partial charge in [-0.2, -0.15) is 0 Å². The minimum absolute atomic E-state index is 0.164. The Kier molecular flexibility index (Phi) is 3.55. The van der Waals surface area contributed by atoms with Gasteiger partial charge in [0, 0.05) is 10.1 Å². The average Bonchev–Trinajstić information content (AvgIpc) is 2.76. The molecule has 1 atom stereocenters. The Hall–Kier alpha value is -1.34. The van der Waals surface area contributed by atoms with Crippen molar-refractivity contribution in [3.8, 4) is 0 Å². The molecule has 2 heterocycles. The number of hydrogen-bond donors (Lipinski definition) is 1. The van der Waals surface area contributed by atoms with E-state index in [2.05, 4.69) is 9.97 Å². The predicted molar refractivity (Wildman–Crippen MR) is 77.2 cm³/mol. The number of aromatic amines is 1. The summed E-state index contributed by atoms with van der Waals surface area (Å²) < 4.78 is 0. The number of thiophene rings is 1. The van der Waals surface area contributed by atoms with Crippen molar-refractivity contribution in [2.24, 2.45) is 0 Å². The van der Waals surface area contributed by atoms with Crippen molar-refractivity contribution < 1.29 is 9.90 Å². The molecule has 0 saturated heterocycles. The van der Waals surface area contributed by atoms with Gasteiger partial charge >= 0.3 is 0 Å². The zero-order valence-corrected chi connectivity index (χ0v) is 12.5. The molecule has 0 fully saturated rings. The lowest BCUT2D eigenvalue weighted by molar-refractivity contribution is -0.304. The third kappa shape index (κ3) is 2.35. The summed E-state index contributed by atoms with van der Waals surface area (Å²) >= 11 is 2.56. The predicted octanol–water partition coefficient (Wildman–Crippen LogP) is 1.09. The van der Waals surface area contributed by atoms with E-state index in [9.17, 15) is 14.7 Å². The number of rotatable bonds is 3. The molecule has 3 rings (SSSR count). The molecule has 0 bridgehead atoms. The maximum absolute atomic E-state index is 12.2. The Morgan fingerprint density at radius 2 is 2.20 bits per heavy atom. The summed E-state index contributed by atoms with van der Waals surface area (Å²) in [5, 5.41) is 11.1. The number of H-pyrrole nitrogens is 1. The van der Waals surface area contributed by atoms with Crippen LogP contribution in [0.15, 0.2) is 9.95 Å². The summed E-state index contributed by atoms with van der Waals surface area (Å²) in [6, 6.07) is 0. The van der Waals surface area contributed by atoms with Gasteiger partial charge in [0.15, 0.2) is 5.16 Å². The Labute approximate surface area is 123 Å². The number of hydrogen-bond acceptors (Lipinski definition) is 6. The smallest absolute Gasteiger partial charge is 0.260 e. The van der Waals surface area contributed by atoms with Gasteiger partial charge in [0.05, 0.1) is 11.4 Å². The first-order valence-electron chi connectivity index (χ1n) is 6.48. The highest BCUT2D eigenvalue weighted by Gasteiger charge is 2.20. The van der Waals surface area contributed by atoms with E-state index in [1.807, 2.05) is 0 Å². The number of fused-ring (bicyclic) bond motifs is 3. The molecule has 20 heavy (non-hydrogen) atoms. The van der Waals surface area contributed by atoms with E-state index < -0.39 is 11.2 Å². The van der Waals surface area contributed by atoms with Gasteiger partial charge in [-0.25, -0.2) is 4.98 Å². The lowest BCUT2D eigenvalue weighted by Gasteiger charge is -2.11. The second-order valence-electron chi connectivity index (χ2n) is 4.84. The minimum Gasteiger partial charge on any atom is -0.549 e. The molecule has 0 amide bonds. The van der Waals surface area contributed by atoms with Crippen LogP contribution < -0.4 is 10.7 Å². The maximum atomic E-state index is 12.2. The van der Waals surface area contributed by atoms with Crippen LogP contribution in [0.3, 0.4) is 0 Å². The fraction of sp³-hybridized carbons (Fsp3) is 0.462. The summed E-state index contributed by atoms with van der Waals surface area (Å²) in [6.07, 6.45) is 4.20. The number of carboxylic acid groups (broad SMARTS) is 1. The second-order valence-corrected chi connectivity index (χ2v) is 7.25. The second kappa shape index (κ2) is 5.21. The molecular weight excluding hydrogens is 296 g/mol. The number of aromatic nitrogens is 2. The largest absolute Gasteiger partial charge is 0.549 e. The fourth-order valence-electron chi connectivity index (χ4n) is 2.42. The first-order valence-corrected chi connectivity index (χ1v) is 8.18. The lowest BCUT2D eigenvalue weighted by atomic mass is 9.97. The number of aryl methyl sites for hydroxylation is 2. The number of carbonyl (C=O) groups is 1. The van der Waals surface area contributed by atoms with Gasteiger partial charge in [-0.1, -0.05) is 11.8 Å². The zero-order valence-electron chi connectivity index (χ0n) is 10.9. The van der Waals surface area contributed by atoms with Crippen molar-refractivity contribution in [2.75, 3.05) is 0 Å². The number of aliphatic carboxylic acids is 1. The van der Waals surface area contributed by atoms with E-state index in [1.54, 1.807) is 11.3 Å². The van der Waals surface area contributed by atoms with Crippen molar-refractivity contribution in [3.63, 3.8) is 0 Å². The molecule has 1 aliphatic carbocycles. The molecule has 7 heteroatoms. The zero-order chi connectivity index (χ0) is 14.3. The fourth-order valence-corrected chi connectivity index (χ4v) is 4.46. The quantitative estimate of drug-likeness (QED) is 0.677. The maximum Gasteiger partial charge on any atom is 0.260 e. The highest BCUT2D eigenvalue weighted by Crippen LogP contribution is 2.34. The van der Waals surface area contributed by atoms with Crippen LogP contribution in [0.2, 0.25) is 0 Å². The summed E-state index contributed by atoms with van der Waals surface area (Å²) in [7, 11) is 0. The topological polar surface area (TPSA) is 85.9 Å². The number of nitrogens with one attached hydrogen (secondary N) is 1. The van der Waals surface area contributed by atoms with Gasteiger partial charge in [0.25, 0.3) is 5.56 Å². The summed E-state index contributed by atoms with van der Waals surface area (Å²) in [5.41, 5.74) is 0.969. The molecule has 2 aromatic rings. The van der Waals surface area contributed by atoms with Crippen LogP contribution in [0.4, 0.5) is 0 Å². The Morgan fingerprint density at radius 1 is 1.45 bits per heavy atom. The number of carbonyl (C=O) groups excluding carboxylic acids is 1. The molecule has 0 spiro atoms. The molecule has 2 aromatic heterocycles. The molecule has 0 unspecified atom stereocenters. The van der Waals surface area contributed by atoms with Gasteiger partial charge in [0.1, 0.15) is 4.83 Å². The molecule has 1 N–H and O–H groups in total. The van der Waals surface area contributed by atoms with E-state index >= 15 is 0 Å². The third-order valence-corrected chi connectivity index (χ3v) is 5.57. The molecule has 106 valence electrons. The van der Waals surface area contributed by atoms with Crippen molar-refractivity contribution in [1.82, 2.24) is 9.97 Å². The van der Waals surface area contributed by atoms with E-state index in [4.69, 9.17) is 0 Å². The van der Waals surface area contributed by atoms with Crippen LogP contribution in [-0.4, -0.2) is 21.2 Å². The first kappa shape index (κ1) is 13.6. The van der Waals surface area contributed by atoms with Crippen molar-refractivity contribution in [3.05, 3.63) is 20.8 Å². The molecule has 0 radical (unpaired) electrons. The van der Waals surface area contributed by atoms with Crippen molar-refractivity contribution >= 4 is 39.3 Å². The van der Waals surface area contributed by atoms with E-state index in [0.717, 1.165) is 43.0 Å². The molecule has 1 aliphatic rings. The Morgan fingerprint density at radius 3 is 2.95 bits per heavy atom. The van der Waals surface area contributed by atoms with Gasteiger partial charge in [-0.05, 0) is 38.2 Å². The number of thioether (sulfide) groups is 1. The summed E-state index contributed by atoms with van der Waals surface area (Å²) in [5.74, 6) is -1.16. The van der Waals surface area contributed by atoms with Crippen molar-refractivity contribution in [2.45, 2.75) is 43.0 Å². The first-order chi connectivity index (χ1) is 9.56. The number of carboxylic acids is 1. The molecule has 0 aromatic carbocycles. The normalized spacial score (nSPS) is 16.1. The van der Waals surface area contributed by atoms with Crippen LogP contribution in [0, 0.1) is 0 Å². The van der Waals surface area contributed by atoms with Crippen LogP contribution in [-0.2, 0) is 17.6 Å². The van der Waals surface area contributed by atoms with E-state index in [1.165, 1.54) is 11.8 Å². The van der Waals surface area contributed by atoms with E-state index in [-0.39, 0.29) is 5.56 Å². The van der Waals surface area contributed by atoms with Crippen LogP contribution in [0.25, 0.3) is 10.2 Å². The molecule has 0 saturated carbocycles. The standard InChI is InChI=1S/C13H14N2O3S2/c1-6(12(17)18)19-13-14-10(16)9-7-4-2-3-5-8(7)20-11(9)15-13/h6H,2-5H2,1H3,(H,17,18)(H,14,15,16)/p-1/t6-/m1/s1. The van der Waals surface area contributed by atoms with Gasteiger partial charge in [-0.3, -0.25) is 4.79 Å². The molecule has 5 nitrogen and oxygen atoms in total. The van der Waals surface area contributed by atoms with Gasteiger partial charge in [-0.15, -0.1) is 11.3 Å².